The van der Waals surface area contributed by atoms with E-state index < -0.39 is 10.0 Å². The van der Waals surface area contributed by atoms with Crippen LogP contribution >= 0.6 is 0 Å². The minimum absolute atomic E-state index is 0.0954. The number of pyridine rings is 1. The molecular formula is C19H15N3O2S. The topological polar surface area (TPSA) is 96.8 Å². The first-order chi connectivity index (χ1) is 11.9. The highest BCUT2D eigenvalue weighted by atomic mass is 32.2. The molecule has 1 fully saturated rings. The minimum Gasteiger partial charge on any atom is -0.255 e. The highest BCUT2D eigenvalue weighted by Crippen LogP contribution is 2.57. The van der Waals surface area contributed by atoms with Gasteiger partial charge in [-0.1, -0.05) is 24.3 Å². The molecule has 124 valence electrons. The van der Waals surface area contributed by atoms with Crippen molar-refractivity contribution in [1.29, 1.82) is 5.26 Å². The maximum atomic E-state index is 11.4. The fraction of sp³-hybridized carbons (Fsp3) is 0.158. The van der Waals surface area contributed by atoms with Crippen molar-refractivity contribution in [2.45, 2.75) is 17.7 Å². The third kappa shape index (κ3) is 2.88. The van der Waals surface area contributed by atoms with Crippen LogP contribution in [0.3, 0.4) is 0 Å². The maximum absolute atomic E-state index is 11.4. The van der Waals surface area contributed by atoms with Crippen LogP contribution < -0.4 is 5.14 Å². The molecule has 0 atom stereocenters. The molecule has 0 aliphatic heterocycles. The zero-order chi connectivity index (χ0) is 17.7. The van der Waals surface area contributed by atoms with Gasteiger partial charge in [0.05, 0.1) is 16.2 Å². The standard InChI is InChI=1S/C19H15N3O2S/c20-11-13-1-6-18(22-12-13)17-10-19(7-8-19)9-16(17)14-2-4-15(5-3-14)25(21,23)24/h1-6,9-10,12H,7-8H2,(H2,21,23,24). The fourth-order valence-corrected chi connectivity index (χ4v) is 3.61. The predicted octanol–water partition coefficient (Wildman–Crippen LogP) is 2.86. The smallest absolute Gasteiger partial charge is 0.238 e. The Morgan fingerprint density at radius 3 is 2.24 bits per heavy atom. The summed E-state index contributed by atoms with van der Waals surface area (Å²) in [5.74, 6) is 0. The van der Waals surface area contributed by atoms with E-state index in [-0.39, 0.29) is 10.3 Å². The summed E-state index contributed by atoms with van der Waals surface area (Å²) in [7, 11) is -3.70. The number of benzene rings is 1. The molecule has 1 aromatic heterocycles. The van der Waals surface area contributed by atoms with Crippen molar-refractivity contribution in [3.63, 3.8) is 0 Å². The third-order valence-electron chi connectivity index (χ3n) is 4.64. The summed E-state index contributed by atoms with van der Waals surface area (Å²) in [5, 5.41) is 14.1. The van der Waals surface area contributed by atoms with Crippen LogP contribution in [0.25, 0.3) is 11.1 Å². The highest BCUT2D eigenvalue weighted by molar-refractivity contribution is 7.89. The first-order valence-corrected chi connectivity index (χ1v) is 9.41. The lowest BCUT2D eigenvalue weighted by Crippen LogP contribution is -2.11. The molecule has 1 aromatic carbocycles. The Hall–Kier alpha value is -2.75. The molecule has 1 saturated carbocycles. The number of nitrogens with zero attached hydrogens (tertiary/aromatic N) is 2. The van der Waals surface area contributed by atoms with Gasteiger partial charge in [0.25, 0.3) is 0 Å². The van der Waals surface area contributed by atoms with Gasteiger partial charge in [-0.2, -0.15) is 5.26 Å². The lowest BCUT2D eigenvalue weighted by Gasteiger charge is -2.09. The van der Waals surface area contributed by atoms with Gasteiger partial charge in [-0.05, 0) is 48.2 Å². The lowest BCUT2D eigenvalue weighted by atomic mass is 9.98. The normalized spacial score (nSPS) is 17.8. The molecule has 0 radical (unpaired) electrons. The Kier molecular flexibility index (Phi) is 3.39. The second-order valence-corrected chi connectivity index (χ2v) is 8.02. The largest absolute Gasteiger partial charge is 0.255 e. The van der Waals surface area contributed by atoms with Gasteiger partial charge in [0.1, 0.15) is 6.07 Å². The van der Waals surface area contributed by atoms with Gasteiger partial charge < -0.3 is 0 Å². The van der Waals surface area contributed by atoms with Crippen molar-refractivity contribution in [1.82, 2.24) is 4.98 Å². The molecule has 1 heterocycles. The summed E-state index contributed by atoms with van der Waals surface area (Å²) in [5.41, 5.74) is 4.41. The summed E-state index contributed by atoms with van der Waals surface area (Å²) in [6.45, 7) is 0. The molecule has 2 aromatic rings. The van der Waals surface area contributed by atoms with Crippen LogP contribution in [-0.4, -0.2) is 13.4 Å². The summed E-state index contributed by atoms with van der Waals surface area (Å²) in [4.78, 5) is 4.51. The van der Waals surface area contributed by atoms with E-state index in [0.717, 1.165) is 35.2 Å². The average molecular weight is 349 g/mol. The van der Waals surface area contributed by atoms with Gasteiger partial charge in [0, 0.05) is 17.2 Å². The number of nitriles is 1. The van der Waals surface area contributed by atoms with Gasteiger partial charge in [-0.15, -0.1) is 0 Å². The Labute approximate surface area is 146 Å². The third-order valence-corrected chi connectivity index (χ3v) is 5.57. The second kappa shape index (κ2) is 5.38. The number of aromatic nitrogens is 1. The van der Waals surface area contributed by atoms with Gasteiger partial charge in [-0.25, -0.2) is 13.6 Å². The number of allylic oxidation sites excluding steroid dienone is 4. The lowest BCUT2D eigenvalue weighted by molar-refractivity contribution is 0.598. The Morgan fingerprint density at radius 2 is 1.72 bits per heavy atom. The second-order valence-electron chi connectivity index (χ2n) is 6.46. The fourth-order valence-electron chi connectivity index (χ4n) is 3.10. The predicted molar refractivity (Wildman–Crippen MR) is 94.4 cm³/mol. The quantitative estimate of drug-likeness (QED) is 0.921. The van der Waals surface area contributed by atoms with E-state index in [2.05, 4.69) is 23.2 Å². The van der Waals surface area contributed by atoms with E-state index in [1.165, 1.54) is 12.1 Å². The van der Waals surface area contributed by atoms with Crippen LogP contribution in [0.4, 0.5) is 0 Å². The number of hydrogen-bond donors (Lipinski definition) is 1. The Morgan fingerprint density at radius 1 is 1.04 bits per heavy atom. The molecular weight excluding hydrogens is 334 g/mol. The van der Waals surface area contributed by atoms with E-state index in [0.29, 0.717) is 5.56 Å². The summed E-state index contributed by atoms with van der Waals surface area (Å²) in [6.07, 6.45) is 8.23. The van der Waals surface area contributed by atoms with Crippen molar-refractivity contribution in [2.24, 2.45) is 10.6 Å². The molecule has 0 unspecified atom stereocenters. The van der Waals surface area contributed by atoms with Crippen LogP contribution in [0.5, 0.6) is 0 Å². The van der Waals surface area contributed by atoms with E-state index in [9.17, 15) is 8.42 Å². The van der Waals surface area contributed by atoms with Crippen LogP contribution in [0, 0.1) is 16.7 Å². The minimum atomic E-state index is -3.70. The van der Waals surface area contributed by atoms with E-state index in [4.69, 9.17) is 10.4 Å². The van der Waals surface area contributed by atoms with Crippen LogP contribution in [0.1, 0.15) is 29.7 Å². The molecule has 2 aliphatic carbocycles. The highest BCUT2D eigenvalue weighted by Gasteiger charge is 2.43. The van der Waals surface area contributed by atoms with Gasteiger partial charge in [0.15, 0.2) is 0 Å². The van der Waals surface area contributed by atoms with Crippen molar-refractivity contribution in [3.05, 3.63) is 71.6 Å². The Bertz CT molecular complexity index is 1050. The SMILES string of the molecule is N#Cc1ccc(C2=CC3(C=C2c2ccc(S(N)(=O)=O)cc2)CC3)nc1. The van der Waals surface area contributed by atoms with Gasteiger partial charge in [-0.3, -0.25) is 4.98 Å². The molecule has 2 aliphatic rings. The first-order valence-electron chi connectivity index (χ1n) is 7.86. The van der Waals surface area contributed by atoms with Crippen molar-refractivity contribution < 1.29 is 8.42 Å². The molecule has 1 spiro atoms. The Balaban J connectivity index is 1.75. The monoisotopic (exact) mass is 349 g/mol. The molecule has 0 saturated heterocycles. The summed E-state index contributed by atoms with van der Waals surface area (Å²) < 4.78 is 22.9. The molecule has 4 rings (SSSR count). The number of rotatable bonds is 3. The van der Waals surface area contributed by atoms with Crippen molar-refractivity contribution in [2.75, 3.05) is 0 Å². The molecule has 2 N–H and O–H groups in total. The summed E-state index contributed by atoms with van der Waals surface area (Å²) >= 11 is 0. The van der Waals surface area contributed by atoms with E-state index in [1.54, 1.807) is 24.4 Å². The van der Waals surface area contributed by atoms with Gasteiger partial charge in [0.2, 0.25) is 10.0 Å². The zero-order valence-electron chi connectivity index (χ0n) is 13.3. The van der Waals surface area contributed by atoms with Crippen LogP contribution in [0.15, 0.2) is 59.6 Å². The van der Waals surface area contributed by atoms with Crippen LogP contribution in [0.2, 0.25) is 0 Å². The summed E-state index contributed by atoms with van der Waals surface area (Å²) in [6, 6.07) is 12.2. The van der Waals surface area contributed by atoms with Gasteiger partial charge >= 0.3 is 0 Å². The molecule has 25 heavy (non-hydrogen) atoms. The first kappa shape index (κ1) is 15.8. The number of nitrogens with two attached hydrogens (primary N) is 1. The van der Waals surface area contributed by atoms with Crippen molar-refractivity contribution in [3.8, 4) is 6.07 Å². The maximum Gasteiger partial charge on any atom is 0.238 e. The number of hydrogen-bond acceptors (Lipinski definition) is 4. The molecule has 0 amide bonds. The van der Waals surface area contributed by atoms with E-state index >= 15 is 0 Å². The van der Waals surface area contributed by atoms with Crippen molar-refractivity contribution >= 4 is 21.2 Å². The number of sulfonamides is 1. The molecule has 5 nitrogen and oxygen atoms in total. The molecule has 6 heteroatoms. The van der Waals surface area contributed by atoms with Crippen LogP contribution in [-0.2, 0) is 10.0 Å². The zero-order valence-corrected chi connectivity index (χ0v) is 14.1. The average Bonchev–Trinajstić information content (AvgIpc) is 3.25. The van der Waals surface area contributed by atoms with E-state index in [1.807, 2.05) is 6.07 Å². The number of primary sulfonamides is 1. The molecule has 0 bridgehead atoms.